The van der Waals surface area contributed by atoms with Crippen LogP contribution in [-0.2, 0) is 0 Å². The van der Waals surface area contributed by atoms with Crippen LogP contribution in [0, 0.1) is 17.7 Å². The number of ether oxygens (including phenoxy) is 1. The first-order valence-corrected chi connectivity index (χ1v) is 11.8. The topological polar surface area (TPSA) is 83.5 Å². The molecular formula is C25H35ClFN3O3. The first kappa shape index (κ1) is 27.0. The largest absolute Gasteiger partial charge is 0.496 e. The number of aldehydes is 1. The van der Waals surface area contributed by atoms with Gasteiger partial charge in [-0.3, -0.25) is 4.79 Å². The normalized spacial score (nSPS) is 18.6. The molecule has 1 fully saturated rings. The Hall–Kier alpha value is -2.22. The fourth-order valence-electron chi connectivity index (χ4n) is 4.15. The van der Waals surface area contributed by atoms with Crippen molar-refractivity contribution in [2.45, 2.75) is 45.1 Å². The van der Waals surface area contributed by atoms with Gasteiger partial charge in [0.15, 0.2) is 6.29 Å². The molecule has 0 saturated heterocycles. The van der Waals surface area contributed by atoms with E-state index in [1.807, 2.05) is 14.0 Å². The van der Waals surface area contributed by atoms with Crippen LogP contribution >= 0.6 is 11.6 Å². The van der Waals surface area contributed by atoms with Gasteiger partial charge in [-0.2, -0.15) is 0 Å². The molecule has 0 unspecified atom stereocenters. The molecular weight excluding hydrogens is 445 g/mol. The van der Waals surface area contributed by atoms with Gasteiger partial charge in [0.1, 0.15) is 17.4 Å². The van der Waals surface area contributed by atoms with Crippen LogP contribution in [0.4, 0.5) is 10.2 Å². The minimum Gasteiger partial charge on any atom is -0.496 e. The molecule has 0 bridgehead atoms. The number of aliphatic hydroxyl groups is 1. The summed E-state index contributed by atoms with van der Waals surface area (Å²) in [6.07, 6.45) is 8.46. The first-order chi connectivity index (χ1) is 15.9. The van der Waals surface area contributed by atoms with Crippen molar-refractivity contribution in [3.8, 4) is 5.75 Å². The van der Waals surface area contributed by atoms with E-state index in [-0.39, 0.29) is 11.9 Å². The third kappa shape index (κ3) is 8.57. The zero-order chi connectivity index (χ0) is 24.2. The molecule has 0 spiro atoms. The van der Waals surface area contributed by atoms with Gasteiger partial charge in [0.05, 0.1) is 18.2 Å². The predicted molar refractivity (Wildman–Crippen MR) is 131 cm³/mol. The molecule has 0 aliphatic heterocycles. The number of carbonyl (C=O) groups is 1. The van der Waals surface area contributed by atoms with Gasteiger partial charge in [-0.1, -0.05) is 24.4 Å². The zero-order valence-corrected chi connectivity index (χ0v) is 20.4. The third-order valence-corrected chi connectivity index (χ3v) is 6.29. The number of nitrogens with one attached hydrogen (secondary N) is 2. The minimum atomic E-state index is -0.352. The summed E-state index contributed by atoms with van der Waals surface area (Å²) in [5, 5.41) is 15.4. The molecule has 182 valence electrons. The Morgan fingerprint density at radius 1 is 1.27 bits per heavy atom. The maximum Gasteiger partial charge on any atom is 0.151 e. The number of benzene rings is 1. The molecule has 1 aliphatic carbocycles. The molecule has 2 aromatic rings. The molecule has 3 N–H and O–H groups in total. The molecule has 6 nitrogen and oxygen atoms in total. The Labute approximate surface area is 200 Å². The van der Waals surface area contributed by atoms with Crippen LogP contribution in [-0.4, -0.2) is 43.7 Å². The van der Waals surface area contributed by atoms with Gasteiger partial charge in [-0.25, -0.2) is 9.37 Å². The van der Waals surface area contributed by atoms with E-state index in [9.17, 15) is 9.18 Å². The van der Waals surface area contributed by atoms with Crippen molar-refractivity contribution in [1.82, 2.24) is 10.3 Å². The van der Waals surface area contributed by atoms with Crippen LogP contribution in [0.15, 0.2) is 30.5 Å². The lowest BCUT2D eigenvalue weighted by Crippen LogP contribution is -2.24. The van der Waals surface area contributed by atoms with Gasteiger partial charge in [-0.15, -0.1) is 0 Å². The van der Waals surface area contributed by atoms with E-state index in [1.165, 1.54) is 63.7 Å². The minimum absolute atomic E-state index is 0.275. The molecule has 1 aliphatic rings. The van der Waals surface area contributed by atoms with Gasteiger partial charge in [-0.05, 0) is 75.9 Å². The van der Waals surface area contributed by atoms with Gasteiger partial charge >= 0.3 is 0 Å². The van der Waals surface area contributed by atoms with E-state index in [2.05, 4.69) is 15.6 Å². The summed E-state index contributed by atoms with van der Waals surface area (Å²) in [4.78, 5) is 14.7. The Morgan fingerprint density at radius 2 is 1.97 bits per heavy atom. The van der Waals surface area contributed by atoms with E-state index in [4.69, 9.17) is 21.4 Å². The lowest BCUT2D eigenvalue weighted by Gasteiger charge is -2.27. The van der Waals surface area contributed by atoms with Crippen LogP contribution in [0.5, 0.6) is 5.75 Å². The predicted octanol–water partition coefficient (Wildman–Crippen LogP) is 5.26. The number of methoxy groups -OCH3 is 1. The molecule has 1 aromatic carbocycles. The number of nitrogens with zero attached hydrogens (tertiary/aromatic N) is 1. The fraction of sp³-hybridized carbons (Fsp3) is 0.520. The summed E-state index contributed by atoms with van der Waals surface area (Å²) in [5.74, 6) is 2.33. The average molecular weight is 480 g/mol. The lowest BCUT2D eigenvalue weighted by atomic mass is 9.81. The summed E-state index contributed by atoms with van der Waals surface area (Å²) in [6, 6.07) is 5.53. The number of halogens is 2. The highest BCUT2D eigenvalue weighted by Crippen LogP contribution is 2.31. The molecule has 3 rings (SSSR count). The number of hydrogen-bond acceptors (Lipinski definition) is 6. The summed E-state index contributed by atoms with van der Waals surface area (Å²) in [7, 11) is 3.55. The molecule has 1 atom stereocenters. The van der Waals surface area contributed by atoms with Crippen molar-refractivity contribution in [2.75, 3.05) is 32.6 Å². The maximum absolute atomic E-state index is 13.4. The van der Waals surface area contributed by atoms with E-state index in [1.54, 1.807) is 6.07 Å². The Bertz CT molecular complexity index is 862. The molecule has 1 heterocycles. The lowest BCUT2D eigenvalue weighted by molar-refractivity contribution is 0.112. The number of anilines is 1. The van der Waals surface area contributed by atoms with Crippen LogP contribution in [0.1, 0.15) is 61.0 Å². The van der Waals surface area contributed by atoms with Crippen molar-refractivity contribution in [1.29, 1.82) is 0 Å². The molecule has 33 heavy (non-hydrogen) atoms. The van der Waals surface area contributed by atoms with Crippen LogP contribution in [0.25, 0.3) is 0 Å². The Kier molecular flexibility index (Phi) is 11.6. The molecule has 0 radical (unpaired) electrons. The molecule has 0 amide bonds. The zero-order valence-electron chi connectivity index (χ0n) is 19.6. The number of aliphatic hydroxyl groups excluding tert-OH is 1. The van der Waals surface area contributed by atoms with Crippen LogP contribution < -0.4 is 15.4 Å². The van der Waals surface area contributed by atoms with Crippen molar-refractivity contribution >= 4 is 23.7 Å². The van der Waals surface area contributed by atoms with Crippen LogP contribution in [0.2, 0.25) is 5.02 Å². The number of aromatic nitrogens is 1. The second kappa shape index (κ2) is 14.1. The van der Waals surface area contributed by atoms with Gasteiger partial charge in [0, 0.05) is 23.9 Å². The number of carbonyl (C=O) groups excluding carboxylic acids is 1. The SMILES string of the molecule is CNCC1CCC(CCO)CC1.COc1ccc(F)cc1[C@H](C)Nc1ncc(C=O)cc1Cl. The number of rotatable bonds is 9. The van der Waals surface area contributed by atoms with E-state index in [0.717, 1.165) is 18.3 Å². The number of hydrogen-bond donors (Lipinski definition) is 3. The summed E-state index contributed by atoms with van der Waals surface area (Å²) in [6.45, 7) is 3.39. The van der Waals surface area contributed by atoms with Crippen molar-refractivity contribution in [3.05, 3.63) is 52.4 Å². The first-order valence-electron chi connectivity index (χ1n) is 11.4. The van der Waals surface area contributed by atoms with Gasteiger partial charge in [0.25, 0.3) is 0 Å². The molecule has 1 aromatic heterocycles. The van der Waals surface area contributed by atoms with Gasteiger partial charge in [0.2, 0.25) is 0 Å². The monoisotopic (exact) mass is 479 g/mol. The van der Waals surface area contributed by atoms with Crippen molar-refractivity contribution in [3.63, 3.8) is 0 Å². The molecule has 1 saturated carbocycles. The third-order valence-electron chi connectivity index (χ3n) is 6.01. The second-order valence-corrected chi connectivity index (χ2v) is 8.83. The quantitative estimate of drug-likeness (QED) is 0.425. The van der Waals surface area contributed by atoms with Crippen LogP contribution in [0.3, 0.4) is 0 Å². The van der Waals surface area contributed by atoms with E-state index in [0.29, 0.717) is 40.6 Å². The van der Waals surface area contributed by atoms with Gasteiger partial charge < -0.3 is 20.5 Å². The van der Waals surface area contributed by atoms with Crippen molar-refractivity contribution in [2.24, 2.45) is 11.8 Å². The van der Waals surface area contributed by atoms with E-state index < -0.39 is 0 Å². The summed E-state index contributed by atoms with van der Waals surface area (Å²) >= 11 is 6.06. The molecule has 8 heteroatoms. The Balaban J connectivity index is 0.000000273. The fourth-order valence-corrected chi connectivity index (χ4v) is 4.37. The number of pyridine rings is 1. The van der Waals surface area contributed by atoms with E-state index >= 15 is 0 Å². The Morgan fingerprint density at radius 3 is 2.55 bits per heavy atom. The average Bonchev–Trinajstić information content (AvgIpc) is 2.82. The smallest absolute Gasteiger partial charge is 0.151 e. The highest BCUT2D eigenvalue weighted by molar-refractivity contribution is 6.33. The standard InChI is InChI=1S/C15H14ClFN2O2.C10H21NO/c1-9(12-6-11(17)3-4-14(12)21-2)19-15-13(16)5-10(8-20)7-18-15;1-11-8-10-4-2-9(3-5-10)6-7-12/h3-9H,1-2H3,(H,18,19);9-12H,2-8H2,1H3/t9-;/m0./s1. The van der Waals surface area contributed by atoms with Crippen molar-refractivity contribution < 1.29 is 19.0 Å². The second-order valence-electron chi connectivity index (χ2n) is 8.43. The summed E-state index contributed by atoms with van der Waals surface area (Å²) in [5.41, 5.74) is 1.04. The summed E-state index contributed by atoms with van der Waals surface area (Å²) < 4.78 is 18.6. The maximum atomic E-state index is 13.4. The highest BCUT2D eigenvalue weighted by Gasteiger charge is 2.19. The highest BCUT2D eigenvalue weighted by atomic mass is 35.5.